The topological polar surface area (TPSA) is 64.2 Å². The quantitative estimate of drug-likeness (QED) is 0.598. The summed E-state index contributed by atoms with van der Waals surface area (Å²) in [6.07, 6.45) is 1.87. The van der Waals surface area contributed by atoms with E-state index in [1.807, 2.05) is 11.6 Å². The maximum atomic E-state index is 6.24. The van der Waals surface area contributed by atoms with Crippen LogP contribution in [0, 0.1) is 0 Å². The molecule has 1 aromatic rings. The van der Waals surface area contributed by atoms with Crippen molar-refractivity contribution in [2.24, 2.45) is 10.7 Å². The summed E-state index contributed by atoms with van der Waals surface area (Å²) in [4.78, 5) is 18.7. The van der Waals surface area contributed by atoms with Gasteiger partial charge in [-0.3, -0.25) is 14.8 Å². The van der Waals surface area contributed by atoms with Gasteiger partial charge in [0.15, 0.2) is 11.1 Å². The molecule has 0 amide bonds. The average molecular weight is 335 g/mol. The summed E-state index contributed by atoms with van der Waals surface area (Å²) in [5.41, 5.74) is 6.24. The summed E-state index contributed by atoms with van der Waals surface area (Å²) in [7, 11) is 0. The molecule has 0 aromatic carbocycles. The second kappa shape index (κ2) is 6.62. The van der Waals surface area contributed by atoms with Crippen LogP contribution in [0.25, 0.3) is 0 Å². The molecule has 0 saturated carbocycles. The molecular formula is C15H25N7S. The third kappa shape index (κ3) is 3.29. The number of rotatable bonds is 3. The van der Waals surface area contributed by atoms with Crippen molar-refractivity contribution in [1.29, 1.82) is 0 Å². The lowest BCUT2D eigenvalue weighted by molar-refractivity contribution is 0.0173. The molecule has 2 N–H and O–H groups in total. The molecule has 2 bridgehead atoms. The van der Waals surface area contributed by atoms with Crippen molar-refractivity contribution in [3.8, 4) is 0 Å². The van der Waals surface area contributed by atoms with Gasteiger partial charge < -0.3 is 15.5 Å². The van der Waals surface area contributed by atoms with Crippen LogP contribution in [0.3, 0.4) is 0 Å². The minimum atomic E-state index is 0.549. The Kier molecular flexibility index (Phi) is 4.37. The van der Waals surface area contributed by atoms with Gasteiger partial charge in [0.1, 0.15) is 0 Å². The smallest absolute Gasteiger partial charge is 0.191 e. The van der Waals surface area contributed by atoms with E-state index in [1.54, 1.807) is 11.3 Å². The third-order valence-electron chi connectivity index (χ3n) is 5.15. The van der Waals surface area contributed by atoms with E-state index in [1.165, 1.54) is 26.2 Å². The van der Waals surface area contributed by atoms with Crippen molar-refractivity contribution in [3.63, 3.8) is 0 Å². The SMILES string of the molecule is NC(=NCC1CN2CCN1CC2)N1CCN(c2nccs2)CC1. The number of aliphatic imine (C=N–C) groups is 1. The number of nitrogens with zero attached hydrogens (tertiary/aromatic N) is 6. The molecule has 1 aromatic heterocycles. The second-order valence-corrected chi connectivity index (χ2v) is 7.35. The Morgan fingerprint density at radius 1 is 1.17 bits per heavy atom. The molecule has 126 valence electrons. The van der Waals surface area contributed by atoms with Crippen LogP contribution in [0.5, 0.6) is 0 Å². The van der Waals surface area contributed by atoms with Crippen LogP contribution in [-0.4, -0.2) is 97.1 Å². The predicted octanol–water partition coefficient (Wildman–Crippen LogP) is -0.420. The lowest BCUT2D eigenvalue weighted by Crippen LogP contribution is -2.62. The summed E-state index contributed by atoms with van der Waals surface area (Å²) in [5.74, 6) is 0.710. The Labute approximate surface area is 141 Å². The number of guanidine groups is 1. The highest BCUT2D eigenvalue weighted by Crippen LogP contribution is 2.19. The van der Waals surface area contributed by atoms with Crippen LogP contribution < -0.4 is 10.6 Å². The van der Waals surface area contributed by atoms with Crippen molar-refractivity contribution in [1.82, 2.24) is 19.7 Å². The summed E-state index contributed by atoms with van der Waals surface area (Å²) in [5, 5.41) is 3.14. The Balaban J connectivity index is 1.29. The van der Waals surface area contributed by atoms with E-state index in [2.05, 4.69) is 24.6 Å². The van der Waals surface area contributed by atoms with Gasteiger partial charge in [-0.25, -0.2) is 4.98 Å². The van der Waals surface area contributed by atoms with Gasteiger partial charge in [0, 0.05) is 76.5 Å². The number of hydrogen-bond acceptors (Lipinski definition) is 6. The van der Waals surface area contributed by atoms with Crippen LogP contribution in [0.2, 0.25) is 0 Å². The molecule has 1 unspecified atom stereocenters. The monoisotopic (exact) mass is 335 g/mol. The van der Waals surface area contributed by atoms with Crippen LogP contribution in [-0.2, 0) is 0 Å². The fourth-order valence-electron chi connectivity index (χ4n) is 3.70. The maximum Gasteiger partial charge on any atom is 0.191 e. The highest BCUT2D eigenvalue weighted by atomic mass is 32.1. The van der Waals surface area contributed by atoms with Crippen LogP contribution in [0.4, 0.5) is 5.13 Å². The average Bonchev–Trinajstić information content (AvgIpc) is 3.15. The first-order valence-electron chi connectivity index (χ1n) is 8.45. The van der Waals surface area contributed by atoms with Gasteiger partial charge in [-0.15, -0.1) is 11.3 Å². The van der Waals surface area contributed by atoms with Gasteiger partial charge in [-0.2, -0.15) is 0 Å². The standard InChI is InChI=1S/C15H25N7S/c16-14(18-11-13-12-19-2-4-20(13)5-3-19)21-6-8-22(9-7-21)15-17-1-10-23-15/h1,10,13H,2-9,11-12H2,(H2,16,18). The minimum absolute atomic E-state index is 0.549. The Morgan fingerprint density at radius 3 is 2.57 bits per heavy atom. The fraction of sp³-hybridized carbons (Fsp3) is 0.733. The highest BCUT2D eigenvalue weighted by Gasteiger charge is 2.31. The number of hydrogen-bond donors (Lipinski definition) is 1. The van der Waals surface area contributed by atoms with Gasteiger partial charge in [-0.1, -0.05) is 0 Å². The normalized spacial score (nSPS) is 31.7. The van der Waals surface area contributed by atoms with E-state index in [-0.39, 0.29) is 0 Å². The van der Waals surface area contributed by atoms with Gasteiger partial charge >= 0.3 is 0 Å². The zero-order valence-corrected chi connectivity index (χ0v) is 14.3. The molecule has 0 spiro atoms. The van der Waals surface area contributed by atoms with Crippen LogP contribution >= 0.6 is 11.3 Å². The number of aromatic nitrogens is 1. The van der Waals surface area contributed by atoms with Crippen molar-refractivity contribution in [3.05, 3.63) is 11.6 Å². The van der Waals surface area contributed by atoms with E-state index >= 15 is 0 Å². The predicted molar refractivity (Wildman–Crippen MR) is 94.2 cm³/mol. The van der Waals surface area contributed by atoms with E-state index in [0.717, 1.165) is 44.4 Å². The molecule has 5 heterocycles. The molecule has 4 aliphatic heterocycles. The van der Waals surface area contributed by atoms with Gasteiger partial charge in [0.25, 0.3) is 0 Å². The maximum absolute atomic E-state index is 6.24. The van der Waals surface area contributed by atoms with Crippen molar-refractivity contribution in [2.75, 3.05) is 70.3 Å². The zero-order chi connectivity index (χ0) is 15.6. The van der Waals surface area contributed by atoms with Gasteiger partial charge in [0.05, 0.1) is 6.54 Å². The highest BCUT2D eigenvalue weighted by molar-refractivity contribution is 7.13. The lowest BCUT2D eigenvalue weighted by Gasteiger charge is -2.47. The number of fused-ring (bicyclic) bond motifs is 3. The molecule has 4 fully saturated rings. The van der Waals surface area contributed by atoms with Gasteiger partial charge in [-0.05, 0) is 0 Å². The van der Waals surface area contributed by atoms with E-state index in [0.29, 0.717) is 12.0 Å². The van der Waals surface area contributed by atoms with E-state index in [4.69, 9.17) is 10.7 Å². The first-order chi connectivity index (χ1) is 11.3. The molecule has 4 saturated heterocycles. The van der Waals surface area contributed by atoms with E-state index in [9.17, 15) is 0 Å². The fourth-order valence-corrected chi connectivity index (χ4v) is 4.39. The Hall–Kier alpha value is -1.38. The number of nitrogens with two attached hydrogens (primary N) is 1. The van der Waals surface area contributed by atoms with Crippen LogP contribution in [0.1, 0.15) is 0 Å². The number of anilines is 1. The number of piperazine rings is 4. The molecule has 4 aliphatic rings. The molecule has 5 rings (SSSR count). The summed E-state index contributed by atoms with van der Waals surface area (Å²) >= 11 is 1.70. The summed E-state index contributed by atoms with van der Waals surface area (Å²) in [6, 6.07) is 0.549. The lowest BCUT2D eigenvalue weighted by atomic mass is 10.1. The second-order valence-electron chi connectivity index (χ2n) is 6.48. The largest absolute Gasteiger partial charge is 0.370 e. The molecule has 0 aliphatic carbocycles. The number of thiazole rings is 1. The first kappa shape index (κ1) is 15.2. The molecule has 8 heteroatoms. The van der Waals surface area contributed by atoms with Gasteiger partial charge in [0.2, 0.25) is 0 Å². The Bertz CT molecular complexity index is 530. The molecular weight excluding hydrogens is 310 g/mol. The van der Waals surface area contributed by atoms with Crippen molar-refractivity contribution in [2.45, 2.75) is 6.04 Å². The molecule has 0 radical (unpaired) electrons. The van der Waals surface area contributed by atoms with E-state index < -0.39 is 0 Å². The minimum Gasteiger partial charge on any atom is -0.370 e. The van der Waals surface area contributed by atoms with Crippen molar-refractivity contribution >= 4 is 22.4 Å². The molecule has 23 heavy (non-hydrogen) atoms. The van der Waals surface area contributed by atoms with Crippen LogP contribution in [0.15, 0.2) is 16.6 Å². The summed E-state index contributed by atoms with van der Waals surface area (Å²) < 4.78 is 0. The Morgan fingerprint density at radius 2 is 1.96 bits per heavy atom. The third-order valence-corrected chi connectivity index (χ3v) is 5.98. The zero-order valence-electron chi connectivity index (χ0n) is 13.5. The molecule has 1 atom stereocenters. The van der Waals surface area contributed by atoms with Crippen molar-refractivity contribution < 1.29 is 0 Å². The molecule has 7 nitrogen and oxygen atoms in total. The summed E-state index contributed by atoms with van der Waals surface area (Å²) in [6.45, 7) is 10.6. The first-order valence-corrected chi connectivity index (χ1v) is 9.33.